The van der Waals surface area contributed by atoms with E-state index in [0.29, 0.717) is 6.07 Å². The third-order valence-corrected chi connectivity index (χ3v) is 2.12. The van der Waals surface area contributed by atoms with Crippen LogP contribution in [0.5, 0.6) is 0 Å². The summed E-state index contributed by atoms with van der Waals surface area (Å²) in [5.74, 6) is -0.907. The predicted molar refractivity (Wildman–Crippen MR) is 46.2 cm³/mol. The van der Waals surface area contributed by atoms with Gasteiger partial charge < -0.3 is 0 Å². The van der Waals surface area contributed by atoms with Crippen molar-refractivity contribution < 1.29 is 17.6 Å². The van der Waals surface area contributed by atoms with Gasteiger partial charge in [0.1, 0.15) is 5.82 Å². The second-order valence-corrected chi connectivity index (χ2v) is 3.46. The molecular formula is C8H4Cl2F4. The van der Waals surface area contributed by atoms with Crippen LogP contribution >= 0.6 is 23.2 Å². The molecule has 0 bridgehead atoms. The van der Waals surface area contributed by atoms with Crippen molar-refractivity contribution in [3.05, 3.63) is 33.6 Å². The first kappa shape index (κ1) is 11.6. The summed E-state index contributed by atoms with van der Waals surface area (Å²) in [4.78, 5) is 0. The maximum absolute atomic E-state index is 12.8. The molecule has 0 saturated heterocycles. The zero-order chi connectivity index (χ0) is 10.9. The molecule has 78 valence electrons. The normalized spacial score (nSPS) is 11.9. The van der Waals surface area contributed by atoms with E-state index in [0.717, 1.165) is 6.07 Å². The fraction of sp³-hybridized carbons (Fsp3) is 0.250. The first-order valence-corrected chi connectivity index (χ1v) is 4.25. The van der Waals surface area contributed by atoms with E-state index in [-0.39, 0.29) is 15.6 Å². The SMILES string of the molecule is Fc1cc(CC(F)(F)F)c(Cl)cc1Cl. The maximum atomic E-state index is 12.8. The molecule has 1 aromatic carbocycles. The van der Waals surface area contributed by atoms with Gasteiger partial charge in [-0.05, 0) is 17.7 Å². The number of rotatable bonds is 1. The van der Waals surface area contributed by atoms with Crippen LogP contribution in [0.1, 0.15) is 5.56 Å². The van der Waals surface area contributed by atoms with Crippen molar-refractivity contribution in [2.45, 2.75) is 12.6 Å². The third kappa shape index (κ3) is 3.03. The second kappa shape index (κ2) is 3.95. The molecule has 6 heteroatoms. The monoisotopic (exact) mass is 246 g/mol. The van der Waals surface area contributed by atoms with Crippen molar-refractivity contribution >= 4 is 23.2 Å². The zero-order valence-corrected chi connectivity index (χ0v) is 8.14. The van der Waals surface area contributed by atoms with Gasteiger partial charge in [-0.15, -0.1) is 0 Å². The summed E-state index contributed by atoms with van der Waals surface area (Å²) < 4.78 is 48.6. The Morgan fingerprint density at radius 1 is 1.07 bits per heavy atom. The number of halogens is 6. The standard InChI is InChI=1S/C8H4Cl2F4/c9-5-2-6(10)7(11)1-4(5)3-8(12,13)14/h1-2H,3H2. The molecule has 0 N–H and O–H groups in total. The minimum atomic E-state index is -4.41. The quantitative estimate of drug-likeness (QED) is 0.514. The van der Waals surface area contributed by atoms with E-state index in [4.69, 9.17) is 23.2 Å². The molecule has 0 aromatic heterocycles. The minimum Gasteiger partial charge on any atom is -0.205 e. The van der Waals surface area contributed by atoms with Crippen molar-refractivity contribution in [1.82, 2.24) is 0 Å². The largest absolute Gasteiger partial charge is 0.393 e. The maximum Gasteiger partial charge on any atom is 0.393 e. The molecule has 14 heavy (non-hydrogen) atoms. The predicted octanol–water partition coefficient (Wildman–Crippen LogP) is 4.24. The molecule has 0 radical (unpaired) electrons. The second-order valence-electron chi connectivity index (χ2n) is 2.65. The number of hydrogen-bond acceptors (Lipinski definition) is 0. The highest BCUT2D eigenvalue weighted by molar-refractivity contribution is 6.35. The van der Waals surface area contributed by atoms with Crippen LogP contribution in [0.3, 0.4) is 0 Å². The van der Waals surface area contributed by atoms with Gasteiger partial charge >= 0.3 is 6.18 Å². The van der Waals surface area contributed by atoms with E-state index >= 15 is 0 Å². The van der Waals surface area contributed by atoms with Gasteiger partial charge in [0, 0.05) is 5.02 Å². The Morgan fingerprint density at radius 2 is 1.64 bits per heavy atom. The fourth-order valence-electron chi connectivity index (χ4n) is 0.915. The highest BCUT2D eigenvalue weighted by atomic mass is 35.5. The van der Waals surface area contributed by atoms with E-state index in [1.54, 1.807) is 0 Å². The van der Waals surface area contributed by atoms with Crippen LogP contribution in [-0.2, 0) is 6.42 Å². The van der Waals surface area contributed by atoms with Crippen molar-refractivity contribution in [1.29, 1.82) is 0 Å². The number of benzene rings is 1. The molecule has 0 atom stereocenters. The molecular weight excluding hydrogens is 243 g/mol. The van der Waals surface area contributed by atoms with Crippen molar-refractivity contribution in [2.75, 3.05) is 0 Å². The number of alkyl halides is 3. The number of hydrogen-bond donors (Lipinski definition) is 0. The first-order chi connectivity index (χ1) is 6.29. The van der Waals surface area contributed by atoms with Gasteiger partial charge in [0.2, 0.25) is 0 Å². The summed E-state index contributed by atoms with van der Waals surface area (Å²) in [6, 6.07) is 1.65. The van der Waals surface area contributed by atoms with Gasteiger partial charge in [0.25, 0.3) is 0 Å². The Balaban J connectivity index is 3.04. The van der Waals surface area contributed by atoms with Crippen LogP contribution < -0.4 is 0 Å². The Labute approximate surface area is 87.4 Å². The fourth-order valence-corrected chi connectivity index (χ4v) is 1.37. The smallest absolute Gasteiger partial charge is 0.205 e. The molecule has 0 nitrogen and oxygen atoms in total. The Hall–Kier alpha value is -0.480. The summed E-state index contributed by atoms with van der Waals surface area (Å²) in [5, 5.41) is -0.477. The van der Waals surface area contributed by atoms with Gasteiger partial charge in [-0.25, -0.2) is 4.39 Å². The van der Waals surface area contributed by atoms with Crippen LogP contribution in [0, 0.1) is 5.82 Å². The van der Waals surface area contributed by atoms with Crippen LogP contribution in [0.2, 0.25) is 10.0 Å². The lowest BCUT2D eigenvalue weighted by molar-refractivity contribution is -0.127. The lowest BCUT2D eigenvalue weighted by Crippen LogP contribution is -2.12. The topological polar surface area (TPSA) is 0 Å². The minimum absolute atomic E-state index is 0.186. The molecule has 0 unspecified atom stereocenters. The van der Waals surface area contributed by atoms with Gasteiger partial charge in [0.05, 0.1) is 11.4 Å². The van der Waals surface area contributed by atoms with Gasteiger partial charge in [-0.3, -0.25) is 0 Å². The lowest BCUT2D eigenvalue weighted by Gasteiger charge is -2.08. The van der Waals surface area contributed by atoms with Gasteiger partial charge in [-0.1, -0.05) is 23.2 Å². The van der Waals surface area contributed by atoms with Crippen molar-refractivity contribution in [2.24, 2.45) is 0 Å². The van der Waals surface area contributed by atoms with E-state index in [1.807, 2.05) is 0 Å². The van der Waals surface area contributed by atoms with E-state index in [2.05, 4.69) is 0 Å². The van der Waals surface area contributed by atoms with Crippen LogP contribution in [0.15, 0.2) is 12.1 Å². The van der Waals surface area contributed by atoms with Crippen LogP contribution in [0.25, 0.3) is 0 Å². The summed E-state index contributed by atoms with van der Waals surface area (Å²) in [6.07, 6.45) is -5.68. The molecule has 0 saturated carbocycles. The molecule has 1 rings (SSSR count). The molecule has 0 amide bonds. The first-order valence-electron chi connectivity index (χ1n) is 3.50. The summed E-state index contributed by atoms with van der Waals surface area (Å²) in [7, 11) is 0. The van der Waals surface area contributed by atoms with Gasteiger partial charge in [-0.2, -0.15) is 13.2 Å². The lowest BCUT2D eigenvalue weighted by atomic mass is 10.1. The molecule has 0 aliphatic rings. The van der Waals surface area contributed by atoms with Crippen LogP contribution in [0.4, 0.5) is 17.6 Å². The molecule has 0 aliphatic carbocycles. The average Bonchev–Trinajstić information content (AvgIpc) is 1.97. The molecule has 0 heterocycles. The van der Waals surface area contributed by atoms with Crippen LogP contribution in [-0.4, -0.2) is 6.18 Å². The Bertz CT molecular complexity index is 346. The zero-order valence-electron chi connectivity index (χ0n) is 6.63. The van der Waals surface area contributed by atoms with E-state index in [9.17, 15) is 17.6 Å². The summed E-state index contributed by atoms with van der Waals surface area (Å²) in [6.45, 7) is 0. The average molecular weight is 247 g/mol. The summed E-state index contributed by atoms with van der Waals surface area (Å²) >= 11 is 10.8. The molecule has 1 aromatic rings. The van der Waals surface area contributed by atoms with E-state index in [1.165, 1.54) is 0 Å². The van der Waals surface area contributed by atoms with Crippen molar-refractivity contribution in [3.63, 3.8) is 0 Å². The molecule has 0 spiro atoms. The van der Waals surface area contributed by atoms with Crippen molar-refractivity contribution in [3.8, 4) is 0 Å². The van der Waals surface area contributed by atoms with Gasteiger partial charge in [0.15, 0.2) is 0 Å². The Kier molecular flexibility index (Phi) is 3.27. The molecule has 0 aliphatic heterocycles. The molecule has 0 fully saturated rings. The van der Waals surface area contributed by atoms with E-state index < -0.39 is 18.4 Å². The summed E-state index contributed by atoms with van der Waals surface area (Å²) in [5.41, 5.74) is -0.318. The highest BCUT2D eigenvalue weighted by Crippen LogP contribution is 2.29. The Morgan fingerprint density at radius 3 is 2.14 bits per heavy atom. The third-order valence-electron chi connectivity index (χ3n) is 1.48. The highest BCUT2D eigenvalue weighted by Gasteiger charge is 2.29.